The molecule has 0 unspecified atom stereocenters. The van der Waals surface area contributed by atoms with Crippen molar-refractivity contribution < 1.29 is 18.7 Å². The number of hydrogen-bond acceptors (Lipinski definition) is 3. The van der Waals surface area contributed by atoms with Crippen LogP contribution in [0.5, 0.6) is 0 Å². The van der Waals surface area contributed by atoms with Gasteiger partial charge in [0.2, 0.25) is 0 Å². The van der Waals surface area contributed by atoms with Crippen LogP contribution in [-0.2, 0) is 0 Å². The second kappa shape index (κ2) is 5.56. The number of β-amino-alcohol motifs (C(OH)–C–C–N with tert-alkyl or cyclic N) is 1. The number of aliphatic hydroxyl groups is 1. The lowest BCUT2D eigenvalue weighted by molar-refractivity contribution is -0.112. The second-order valence-electron chi connectivity index (χ2n) is 6.49. The first-order chi connectivity index (χ1) is 10.8. The molecule has 124 valence electrons. The standard InChI is InChI=1S/C16H19F2N3O2/c1-10(2)16(23)8-20(9-16)15(22)21-14(3-4-19-21)11-5-12(17)7-13(18)6-11/h4-7,10,14,23H,3,8-9H2,1-2H3/t14-/m0/s1. The zero-order valence-electron chi connectivity index (χ0n) is 13.0. The van der Waals surface area contributed by atoms with Crippen molar-refractivity contribution in [3.63, 3.8) is 0 Å². The number of hydrazone groups is 1. The summed E-state index contributed by atoms with van der Waals surface area (Å²) >= 11 is 0. The van der Waals surface area contributed by atoms with Crippen LogP contribution in [0.1, 0.15) is 31.9 Å². The van der Waals surface area contributed by atoms with Crippen LogP contribution in [0, 0.1) is 17.6 Å². The van der Waals surface area contributed by atoms with Crippen LogP contribution in [0.15, 0.2) is 23.3 Å². The van der Waals surface area contributed by atoms with Gasteiger partial charge in [-0.2, -0.15) is 5.10 Å². The van der Waals surface area contributed by atoms with Gasteiger partial charge in [-0.15, -0.1) is 0 Å². The van der Waals surface area contributed by atoms with Crippen molar-refractivity contribution in [3.8, 4) is 0 Å². The predicted octanol–water partition coefficient (Wildman–Crippen LogP) is 2.52. The van der Waals surface area contributed by atoms with E-state index in [1.54, 1.807) is 6.21 Å². The molecule has 3 rings (SSSR count). The van der Waals surface area contributed by atoms with Gasteiger partial charge < -0.3 is 10.0 Å². The van der Waals surface area contributed by atoms with E-state index in [1.807, 2.05) is 13.8 Å². The number of carbonyl (C=O) groups excluding carboxylic acids is 1. The lowest BCUT2D eigenvalue weighted by Crippen LogP contribution is -2.67. The molecule has 2 aliphatic heterocycles. The van der Waals surface area contributed by atoms with Crippen molar-refractivity contribution in [1.29, 1.82) is 0 Å². The molecule has 1 N–H and O–H groups in total. The number of amides is 2. The number of urea groups is 1. The molecule has 5 nitrogen and oxygen atoms in total. The van der Waals surface area contributed by atoms with Crippen LogP contribution in [0.4, 0.5) is 13.6 Å². The molecule has 0 bridgehead atoms. The molecule has 2 amide bonds. The quantitative estimate of drug-likeness (QED) is 0.909. The van der Waals surface area contributed by atoms with Gasteiger partial charge in [-0.25, -0.2) is 18.6 Å². The van der Waals surface area contributed by atoms with E-state index < -0.39 is 23.3 Å². The fraction of sp³-hybridized carbons (Fsp3) is 0.500. The Kier molecular flexibility index (Phi) is 3.83. The van der Waals surface area contributed by atoms with E-state index in [2.05, 4.69) is 5.10 Å². The Labute approximate surface area is 133 Å². The minimum absolute atomic E-state index is 0.0433. The summed E-state index contributed by atoms with van der Waals surface area (Å²) in [6.07, 6.45) is 1.96. The average Bonchev–Trinajstić information content (AvgIpc) is 2.91. The van der Waals surface area contributed by atoms with Crippen LogP contribution >= 0.6 is 0 Å². The Morgan fingerprint density at radius 3 is 2.48 bits per heavy atom. The lowest BCUT2D eigenvalue weighted by Gasteiger charge is -2.49. The van der Waals surface area contributed by atoms with Crippen LogP contribution in [-0.4, -0.2) is 46.0 Å². The average molecular weight is 323 g/mol. The first-order valence-electron chi connectivity index (χ1n) is 7.59. The van der Waals surface area contributed by atoms with E-state index in [0.29, 0.717) is 12.0 Å². The Hall–Kier alpha value is -2.02. The Bertz CT molecular complexity index is 636. The van der Waals surface area contributed by atoms with Gasteiger partial charge in [-0.05, 0) is 23.6 Å². The molecule has 0 radical (unpaired) electrons. The van der Waals surface area contributed by atoms with Gasteiger partial charge in [0.1, 0.15) is 17.2 Å². The first-order valence-corrected chi connectivity index (χ1v) is 7.59. The number of likely N-dealkylation sites (tertiary alicyclic amines) is 1. The predicted molar refractivity (Wildman–Crippen MR) is 80.8 cm³/mol. The van der Waals surface area contributed by atoms with Gasteiger partial charge >= 0.3 is 6.03 Å². The highest BCUT2D eigenvalue weighted by Crippen LogP contribution is 2.34. The molecule has 1 saturated heterocycles. The van der Waals surface area contributed by atoms with Crippen LogP contribution in [0.3, 0.4) is 0 Å². The molecule has 0 saturated carbocycles. The maximum Gasteiger partial charge on any atom is 0.341 e. The van der Waals surface area contributed by atoms with E-state index in [-0.39, 0.29) is 25.0 Å². The van der Waals surface area contributed by atoms with Crippen molar-refractivity contribution in [2.75, 3.05) is 13.1 Å². The Morgan fingerprint density at radius 1 is 1.30 bits per heavy atom. The molecule has 23 heavy (non-hydrogen) atoms. The third-order valence-electron chi connectivity index (χ3n) is 4.57. The molecule has 1 aromatic rings. The number of benzene rings is 1. The summed E-state index contributed by atoms with van der Waals surface area (Å²) in [7, 11) is 0. The van der Waals surface area contributed by atoms with E-state index in [0.717, 1.165) is 6.07 Å². The summed E-state index contributed by atoms with van der Waals surface area (Å²) in [6, 6.07) is 2.33. The van der Waals surface area contributed by atoms with Gasteiger partial charge in [0.05, 0.1) is 19.1 Å². The van der Waals surface area contributed by atoms with Crippen molar-refractivity contribution in [3.05, 3.63) is 35.4 Å². The molecule has 2 heterocycles. The van der Waals surface area contributed by atoms with Crippen LogP contribution < -0.4 is 0 Å². The smallest absolute Gasteiger partial charge is 0.341 e. The van der Waals surface area contributed by atoms with Gasteiger partial charge in [-0.3, -0.25) is 0 Å². The largest absolute Gasteiger partial charge is 0.386 e. The molecule has 0 aliphatic carbocycles. The fourth-order valence-corrected chi connectivity index (χ4v) is 2.90. The molecule has 0 aromatic heterocycles. The molecule has 1 atom stereocenters. The highest BCUT2D eigenvalue weighted by Gasteiger charge is 2.48. The first kappa shape index (κ1) is 15.9. The third kappa shape index (κ3) is 2.81. The Morgan fingerprint density at radius 2 is 1.91 bits per heavy atom. The molecule has 0 spiro atoms. The van der Waals surface area contributed by atoms with E-state index in [9.17, 15) is 18.7 Å². The maximum absolute atomic E-state index is 13.4. The molecule has 7 heteroatoms. The highest BCUT2D eigenvalue weighted by molar-refractivity contribution is 5.79. The summed E-state index contributed by atoms with van der Waals surface area (Å²) in [6.45, 7) is 4.27. The summed E-state index contributed by atoms with van der Waals surface area (Å²) in [5, 5.41) is 15.5. The van der Waals surface area contributed by atoms with Crippen molar-refractivity contribution in [2.45, 2.75) is 31.9 Å². The van der Waals surface area contributed by atoms with Crippen LogP contribution in [0.2, 0.25) is 0 Å². The molecular formula is C16H19F2N3O2. The molecule has 1 aromatic carbocycles. The molecule has 2 aliphatic rings. The number of halogens is 2. The molecular weight excluding hydrogens is 304 g/mol. The van der Waals surface area contributed by atoms with E-state index >= 15 is 0 Å². The second-order valence-corrected chi connectivity index (χ2v) is 6.49. The maximum atomic E-state index is 13.4. The van der Waals surface area contributed by atoms with Crippen LogP contribution in [0.25, 0.3) is 0 Å². The normalized spacial score (nSPS) is 22.6. The SMILES string of the molecule is CC(C)C1(O)CN(C(=O)N2N=CC[C@H]2c2cc(F)cc(F)c2)C1. The van der Waals surface area contributed by atoms with E-state index in [1.165, 1.54) is 22.0 Å². The summed E-state index contributed by atoms with van der Waals surface area (Å²) in [5.74, 6) is -1.32. The number of carbonyl (C=O) groups is 1. The zero-order valence-corrected chi connectivity index (χ0v) is 13.0. The minimum atomic E-state index is -0.875. The lowest BCUT2D eigenvalue weighted by atomic mass is 9.83. The number of nitrogens with zero attached hydrogens (tertiary/aromatic N) is 3. The van der Waals surface area contributed by atoms with Gasteiger partial charge in [0, 0.05) is 18.7 Å². The van der Waals surface area contributed by atoms with Gasteiger partial charge in [0.15, 0.2) is 0 Å². The number of rotatable bonds is 2. The Balaban J connectivity index is 1.74. The fourth-order valence-electron chi connectivity index (χ4n) is 2.90. The van der Waals surface area contributed by atoms with Crippen molar-refractivity contribution >= 4 is 12.2 Å². The minimum Gasteiger partial charge on any atom is -0.386 e. The third-order valence-corrected chi connectivity index (χ3v) is 4.57. The summed E-state index contributed by atoms with van der Waals surface area (Å²) in [5.41, 5.74) is -0.507. The van der Waals surface area contributed by atoms with Crippen molar-refractivity contribution in [2.24, 2.45) is 11.0 Å². The van der Waals surface area contributed by atoms with Gasteiger partial charge in [0.25, 0.3) is 0 Å². The van der Waals surface area contributed by atoms with Crippen molar-refractivity contribution in [1.82, 2.24) is 9.91 Å². The topological polar surface area (TPSA) is 56.1 Å². The van der Waals surface area contributed by atoms with E-state index in [4.69, 9.17) is 0 Å². The monoisotopic (exact) mass is 323 g/mol. The zero-order chi connectivity index (χ0) is 16.8. The summed E-state index contributed by atoms with van der Waals surface area (Å²) < 4.78 is 26.8. The molecule has 1 fully saturated rings. The highest BCUT2D eigenvalue weighted by atomic mass is 19.1. The van der Waals surface area contributed by atoms with Gasteiger partial charge in [-0.1, -0.05) is 13.8 Å². The summed E-state index contributed by atoms with van der Waals surface area (Å²) in [4.78, 5) is 14.0. The number of hydrogen-bond donors (Lipinski definition) is 1.